The fourth-order valence-corrected chi connectivity index (χ4v) is 27.2. The molecule has 0 bridgehead atoms. The molecule has 2 atom stereocenters. The number of fused-ring (bicyclic) bond motifs is 6. The standard InChI is InChI=1S/2C26H21.C3H6.2ClH.Zr/c2*1-2-8-18-15-19-11-7-14-24(25(19)16-18)26-22-12-5-3-9-20(22)17-21-10-4-6-13-23(21)26;1-3-2;;;/h2*3-7,9-17H,2,8H2,1H3;1-3H2;2*1H;/q;;;;;+2/p-2. The van der Waals surface area contributed by atoms with Crippen LogP contribution < -0.4 is 24.8 Å². The summed E-state index contributed by atoms with van der Waals surface area (Å²) in [6.45, 7) is 4.80. The van der Waals surface area contributed by atoms with Gasteiger partial charge in [-0.05, 0) is 0 Å². The molecule has 0 spiro atoms. The summed E-state index contributed by atoms with van der Waals surface area (Å²) in [6.07, 6.45) is 11.6. The summed E-state index contributed by atoms with van der Waals surface area (Å²) in [5.74, 6) is 0. The fraction of sp³-hybridized carbons (Fsp3) is 0.200. The fourth-order valence-electron chi connectivity index (χ4n) is 11.7. The average molecular weight is 871 g/mol. The molecule has 8 aromatic rings. The molecule has 0 N–H and O–H groups in total. The van der Waals surface area contributed by atoms with E-state index in [0.717, 1.165) is 0 Å². The van der Waals surface area contributed by atoms with Crippen molar-refractivity contribution in [3.05, 3.63) is 179 Å². The molecular formula is C55H48Cl2Zr. The summed E-state index contributed by atoms with van der Waals surface area (Å²) < 4.78 is 4.20. The Hall–Kier alpha value is -4.26. The van der Waals surface area contributed by atoms with E-state index in [0.29, 0.717) is 7.25 Å². The third-order valence-electron chi connectivity index (χ3n) is 13.9. The Balaban J connectivity index is 0.00000218. The first-order valence-corrected chi connectivity index (χ1v) is 27.5. The van der Waals surface area contributed by atoms with E-state index in [4.69, 9.17) is 0 Å². The molecule has 58 heavy (non-hydrogen) atoms. The van der Waals surface area contributed by atoms with Crippen molar-refractivity contribution >= 4 is 55.2 Å². The Kier molecular flexibility index (Phi) is 10.6. The summed E-state index contributed by atoms with van der Waals surface area (Å²) in [6, 6.07) is 55.8. The largest absolute Gasteiger partial charge is 1.00 e. The molecule has 286 valence electrons. The van der Waals surface area contributed by atoms with E-state index in [9.17, 15) is 0 Å². The molecule has 2 aliphatic carbocycles. The van der Waals surface area contributed by atoms with Gasteiger partial charge in [-0.1, -0.05) is 0 Å². The zero-order chi connectivity index (χ0) is 37.4. The molecule has 0 saturated carbocycles. The zero-order valence-electron chi connectivity index (χ0n) is 33.4. The van der Waals surface area contributed by atoms with Crippen LogP contribution >= 0.6 is 0 Å². The quantitative estimate of drug-likeness (QED) is 0.134. The Morgan fingerprint density at radius 3 is 1.14 bits per heavy atom. The summed E-state index contributed by atoms with van der Waals surface area (Å²) >= 11 is -3.07. The molecule has 3 aliphatic rings. The van der Waals surface area contributed by atoms with Gasteiger partial charge in [0.15, 0.2) is 0 Å². The maximum Gasteiger partial charge on any atom is -1.00 e. The van der Waals surface area contributed by atoms with Gasteiger partial charge in [-0.2, -0.15) is 0 Å². The summed E-state index contributed by atoms with van der Waals surface area (Å²) in [5.41, 5.74) is 15.5. The topological polar surface area (TPSA) is 0 Å². The van der Waals surface area contributed by atoms with E-state index in [-0.39, 0.29) is 24.8 Å². The number of benzene rings is 8. The first kappa shape index (κ1) is 39.2. The number of rotatable bonds is 8. The van der Waals surface area contributed by atoms with Gasteiger partial charge < -0.3 is 24.8 Å². The Labute approximate surface area is 360 Å². The second-order valence-electron chi connectivity index (χ2n) is 16.9. The van der Waals surface area contributed by atoms with Crippen LogP contribution in [-0.2, 0) is 20.3 Å². The smallest absolute Gasteiger partial charge is 1.00 e. The summed E-state index contributed by atoms with van der Waals surface area (Å²) in [7, 11) is 0. The Morgan fingerprint density at radius 1 is 0.448 bits per heavy atom. The number of hydrogen-bond donors (Lipinski definition) is 0. The van der Waals surface area contributed by atoms with E-state index < -0.39 is 20.3 Å². The van der Waals surface area contributed by atoms with Gasteiger partial charge in [0.05, 0.1) is 0 Å². The summed E-state index contributed by atoms with van der Waals surface area (Å²) in [5, 5.41) is 10.8. The van der Waals surface area contributed by atoms with Crippen LogP contribution in [0.2, 0.25) is 8.26 Å². The Bertz CT molecular complexity index is 2640. The number of hydrogen-bond acceptors (Lipinski definition) is 0. The molecule has 1 heterocycles. The van der Waals surface area contributed by atoms with E-state index >= 15 is 0 Å². The average Bonchev–Trinajstić information content (AvgIpc) is 3.78. The Morgan fingerprint density at radius 2 is 0.810 bits per heavy atom. The molecule has 0 amide bonds. The van der Waals surface area contributed by atoms with E-state index in [1.165, 1.54) is 117 Å². The van der Waals surface area contributed by atoms with Crippen molar-refractivity contribution in [2.75, 3.05) is 0 Å². The molecule has 0 aromatic heterocycles. The van der Waals surface area contributed by atoms with Gasteiger partial charge in [0.1, 0.15) is 0 Å². The minimum Gasteiger partial charge on any atom is -1.00 e. The van der Waals surface area contributed by atoms with Gasteiger partial charge in [0.25, 0.3) is 0 Å². The molecule has 8 aromatic carbocycles. The molecule has 2 unspecified atom stereocenters. The van der Waals surface area contributed by atoms with Crippen LogP contribution in [0.3, 0.4) is 0 Å². The van der Waals surface area contributed by atoms with Gasteiger partial charge in [0.2, 0.25) is 0 Å². The zero-order valence-corrected chi connectivity index (χ0v) is 37.3. The number of allylic oxidation sites excluding steroid dienone is 2. The van der Waals surface area contributed by atoms with Crippen LogP contribution in [0.5, 0.6) is 0 Å². The second-order valence-corrected chi connectivity index (χ2v) is 28.3. The SMILES string of the molecule is CCCC1=Cc2c(-c3c4ccccc4cc4ccccc34)cccc2[CH]1[Zr+2]1([CH]2C(CCC)=Cc3c(-c4c5ccccc5cc5ccccc45)cccc32)[CH2]C[CH2]1.[Cl-].[Cl-]. The molecular weight excluding hydrogens is 823 g/mol. The normalized spacial score (nSPS) is 17.1. The molecule has 0 nitrogen and oxygen atoms in total. The molecule has 1 fully saturated rings. The predicted octanol–water partition coefficient (Wildman–Crippen LogP) is 10.2. The van der Waals surface area contributed by atoms with Crippen LogP contribution in [-0.4, -0.2) is 0 Å². The van der Waals surface area contributed by atoms with Gasteiger partial charge in [-0.3, -0.25) is 0 Å². The van der Waals surface area contributed by atoms with Crippen molar-refractivity contribution in [1.29, 1.82) is 0 Å². The van der Waals surface area contributed by atoms with Crippen molar-refractivity contribution in [3.63, 3.8) is 0 Å². The number of halogens is 2. The molecule has 0 radical (unpaired) electrons. The first-order valence-electron chi connectivity index (χ1n) is 21.2. The van der Waals surface area contributed by atoms with E-state index in [1.807, 2.05) is 0 Å². The molecule has 11 rings (SSSR count). The van der Waals surface area contributed by atoms with Gasteiger partial charge in [-0.25, -0.2) is 0 Å². The monoisotopic (exact) mass is 868 g/mol. The van der Waals surface area contributed by atoms with Crippen LogP contribution in [0.25, 0.3) is 77.5 Å². The minimum absolute atomic E-state index is 0. The van der Waals surface area contributed by atoms with Gasteiger partial charge in [-0.15, -0.1) is 0 Å². The maximum absolute atomic E-state index is 3.07. The van der Waals surface area contributed by atoms with Crippen LogP contribution in [0.1, 0.15) is 75.5 Å². The van der Waals surface area contributed by atoms with Crippen molar-refractivity contribution < 1.29 is 45.1 Å². The van der Waals surface area contributed by atoms with Crippen molar-refractivity contribution in [2.24, 2.45) is 0 Å². The second kappa shape index (κ2) is 15.7. The van der Waals surface area contributed by atoms with E-state index in [2.05, 4.69) is 172 Å². The maximum atomic E-state index is 2.71. The van der Waals surface area contributed by atoms with Crippen molar-refractivity contribution in [1.82, 2.24) is 0 Å². The van der Waals surface area contributed by atoms with Crippen LogP contribution in [0.4, 0.5) is 0 Å². The van der Waals surface area contributed by atoms with Crippen LogP contribution in [0, 0.1) is 0 Å². The van der Waals surface area contributed by atoms with Crippen molar-refractivity contribution in [2.45, 2.75) is 61.5 Å². The van der Waals surface area contributed by atoms with E-state index in [1.54, 1.807) is 22.3 Å². The third kappa shape index (κ3) is 5.94. The molecule has 1 saturated heterocycles. The van der Waals surface area contributed by atoms with Gasteiger partial charge in [0, 0.05) is 0 Å². The van der Waals surface area contributed by atoms with Gasteiger partial charge >= 0.3 is 338 Å². The third-order valence-corrected chi connectivity index (χ3v) is 29.2. The molecule has 3 heteroatoms. The summed E-state index contributed by atoms with van der Waals surface area (Å²) in [4.78, 5) is 0. The van der Waals surface area contributed by atoms with Crippen LogP contribution in [0.15, 0.2) is 157 Å². The minimum atomic E-state index is -3.07. The first-order chi connectivity index (χ1) is 27.7. The van der Waals surface area contributed by atoms with Crippen molar-refractivity contribution in [3.8, 4) is 22.3 Å². The molecule has 1 aliphatic heterocycles. The predicted molar refractivity (Wildman–Crippen MR) is 239 cm³/mol.